The van der Waals surface area contributed by atoms with Crippen molar-refractivity contribution in [3.05, 3.63) is 278 Å². The van der Waals surface area contributed by atoms with Gasteiger partial charge in [0, 0.05) is 43.4 Å². The van der Waals surface area contributed by atoms with Gasteiger partial charge in [-0.15, -0.1) is 0 Å². The molecule has 0 N–H and O–H groups in total. The van der Waals surface area contributed by atoms with Gasteiger partial charge in [-0.05, 0) is 182 Å². The highest BCUT2D eigenvalue weighted by atomic mass is 32.2. The Morgan fingerprint density at radius 3 is 1.18 bits per heavy atom. The second-order valence-corrected chi connectivity index (χ2v) is 30.4. The molecular formula is C81H75NOS. The maximum absolute atomic E-state index is 7.24. The Hall–Kier alpha value is -7.85. The van der Waals surface area contributed by atoms with Crippen LogP contribution in [0, 0.1) is 0 Å². The number of nitrogens with zero attached hydrogens (tertiary/aromatic N) is 1. The van der Waals surface area contributed by atoms with E-state index in [4.69, 9.17) is 4.74 Å². The van der Waals surface area contributed by atoms with Crippen molar-refractivity contribution in [1.82, 2.24) is 0 Å². The van der Waals surface area contributed by atoms with Gasteiger partial charge in [0.25, 0.3) is 0 Å². The van der Waals surface area contributed by atoms with Crippen molar-refractivity contribution in [3.63, 3.8) is 0 Å². The maximum atomic E-state index is 7.24. The Balaban J connectivity index is 1.04. The number of anilines is 3. The van der Waals surface area contributed by atoms with E-state index in [-0.39, 0.29) is 27.1 Å². The number of fused-ring (bicyclic) bond motifs is 21. The van der Waals surface area contributed by atoms with Gasteiger partial charge in [0.2, 0.25) is 0 Å². The lowest BCUT2D eigenvalue weighted by molar-refractivity contribution is 0.436. The second kappa shape index (κ2) is 17.6. The molecule has 0 aromatic heterocycles. The fraction of sp³-hybridized carbons (Fsp3) is 0.259. The molecule has 0 unspecified atom stereocenters. The summed E-state index contributed by atoms with van der Waals surface area (Å²) in [5.74, 6) is 1.78. The van der Waals surface area contributed by atoms with Crippen molar-refractivity contribution >= 4 is 28.8 Å². The monoisotopic (exact) mass is 1110 g/mol. The van der Waals surface area contributed by atoms with Gasteiger partial charge in [-0.2, -0.15) is 0 Å². The molecule has 0 radical (unpaired) electrons. The van der Waals surface area contributed by atoms with Crippen LogP contribution in [-0.4, -0.2) is 0 Å². The van der Waals surface area contributed by atoms with Crippen LogP contribution in [0.25, 0.3) is 33.4 Å². The largest absolute Gasteiger partial charge is 0.457 e. The highest BCUT2D eigenvalue weighted by Crippen LogP contribution is 2.66. The quantitative estimate of drug-likeness (QED) is 0.175. The summed E-state index contributed by atoms with van der Waals surface area (Å²) in [6.07, 6.45) is 0. The van der Waals surface area contributed by atoms with E-state index in [9.17, 15) is 0 Å². The van der Waals surface area contributed by atoms with Gasteiger partial charge in [0.15, 0.2) is 0 Å². The summed E-state index contributed by atoms with van der Waals surface area (Å²) >= 11 is 1.92. The first-order valence-corrected chi connectivity index (χ1v) is 31.2. The van der Waals surface area contributed by atoms with Crippen molar-refractivity contribution < 1.29 is 4.74 Å². The van der Waals surface area contributed by atoms with E-state index in [1.54, 1.807) is 0 Å². The van der Waals surface area contributed by atoms with Crippen molar-refractivity contribution in [1.29, 1.82) is 0 Å². The van der Waals surface area contributed by atoms with Crippen LogP contribution in [0.2, 0.25) is 0 Å². The molecule has 2 aliphatic heterocycles. The number of benzene rings is 10. The van der Waals surface area contributed by atoms with E-state index < -0.39 is 10.8 Å². The van der Waals surface area contributed by atoms with Crippen LogP contribution < -0.4 is 9.64 Å². The highest BCUT2D eigenvalue weighted by Gasteiger charge is 2.54. The van der Waals surface area contributed by atoms with Gasteiger partial charge in [-0.3, -0.25) is 0 Å². The molecular weight excluding hydrogens is 1030 g/mol. The second-order valence-electron chi connectivity index (χ2n) is 29.3. The molecule has 10 aromatic carbocycles. The molecule has 3 aliphatic carbocycles. The molecule has 15 rings (SSSR count). The van der Waals surface area contributed by atoms with Crippen LogP contribution in [0.5, 0.6) is 11.5 Å². The van der Waals surface area contributed by atoms with Gasteiger partial charge in [-0.25, -0.2) is 0 Å². The Bertz CT molecular complexity index is 4100. The molecule has 0 atom stereocenters. The molecule has 0 saturated heterocycles. The fourth-order valence-electron chi connectivity index (χ4n) is 15.3. The summed E-state index contributed by atoms with van der Waals surface area (Å²) in [5.41, 5.74) is 27.6. The normalized spacial score (nSPS) is 15.8. The van der Waals surface area contributed by atoms with Crippen LogP contribution in [0.1, 0.15) is 175 Å². The standard InChI is InChI=1S/C81H75NOS/c1-75(2,3)48-27-34-57-58-35-28-49(76(4,5)6)42-66(58)80(65(57)41-48)62-23-17-19-25-71(62)83-72-39-32-53(46-69(72)80)82(52-31-38-56-55-21-15-16-22-61(55)79(13,14)64(56)45-52)54-33-40-74-70(47-54)81(63-24-18-20-26-73(63)84-74)67-43-50(77(7,8)9)29-36-59(67)60-37-30-51(44-68(60)81)78(10,11)12/h15-47H,1-14H3. The molecule has 2 heterocycles. The molecule has 0 amide bonds. The van der Waals surface area contributed by atoms with Gasteiger partial charge in [0.1, 0.15) is 11.5 Å². The third-order valence-corrected chi connectivity index (χ3v) is 21.0. The minimum absolute atomic E-state index is 0.0655. The van der Waals surface area contributed by atoms with E-state index in [1.807, 2.05) is 11.8 Å². The Morgan fingerprint density at radius 2 is 0.655 bits per heavy atom. The molecule has 84 heavy (non-hydrogen) atoms. The number of hydrogen-bond donors (Lipinski definition) is 0. The SMILES string of the molecule is CC(C)(C)c1ccc2c(c1)C1(c3ccccc3Oc3ccc(N(c4ccc5c(c4)C(C)(C)c4ccccc4-5)c4ccc5c(c4)C4(c6ccccc6S5)c5cc(C(C)(C)C)ccc5-c5ccc(C(C)(C)C)cc54)cc31)c1cc(C(C)(C)C)ccc1-2. The zero-order valence-electron chi connectivity index (χ0n) is 51.3. The summed E-state index contributed by atoms with van der Waals surface area (Å²) < 4.78 is 7.24. The summed E-state index contributed by atoms with van der Waals surface area (Å²) in [6.45, 7) is 33.0. The molecule has 2 nitrogen and oxygen atoms in total. The molecule has 0 saturated carbocycles. The van der Waals surface area contributed by atoms with Crippen LogP contribution in [0.15, 0.2) is 210 Å². The van der Waals surface area contributed by atoms with Gasteiger partial charge in [0.05, 0.1) is 10.8 Å². The smallest absolute Gasteiger partial charge is 0.132 e. The lowest BCUT2D eigenvalue weighted by Crippen LogP contribution is -2.33. The van der Waals surface area contributed by atoms with Gasteiger partial charge >= 0.3 is 0 Å². The summed E-state index contributed by atoms with van der Waals surface area (Å²) in [7, 11) is 0. The maximum Gasteiger partial charge on any atom is 0.132 e. The number of ether oxygens (including phenoxy) is 1. The molecule has 0 bridgehead atoms. The van der Waals surface area contributed by atoms with E-state index in [0.717, 1.165) is 34.1 Å². The predicted molar refractivity (Wildman–Crippen MR) is 352 cm³/mol. The van der Waals surface area contributed by atoms with Crippen LogP contribution in [0.4, 0.5) is 17.1 Å². The van der Waals surface area contributed by atoms with Gasteiger partial charge < -0.3 is 9.64 Å². The van der Waals surface area contributed by atoms with E-state index >= 15 is 0 Å². The van der Waals surface area contributed by atoms with Gasteiger partial charge in [-0.1, -0.05) is 248 Å². The lowest BCUT2D eigenvalue weighted by Gasteiger charge is -2.42. The Kier molecular flexibility index (Phi) is 11.1. The number of rotatable bonds is 3. The third kappa shape index (κ3) is 7.36. The first-order chi connectivity index (χ1) is 39.9. The first kappa shape index (κ1) is 52.9. The summed E-state index contributed by atoms with van der Waals surface area (Å²) in [4.78, 5) is 5.16. The van der Waals surface area contributed by atoms with E-state index in [0.29, 0.717) is 0 Å². The van der Waals surface area contributed by atoms with Crippen molar-refractivity contribution in [2.75, 3.05) is 4.90 Å². The molecule has 3 heteroatoms. The van der Waals surface area contributed by atoms with Crippen LogP contribution in [-0.2, 0) is 37.9 Å². The zero-order valence-corrected chi connectivity index (χ0v) is 52.1. The lowest BCUT2D eigenvalue weighted by atomic mass is 9.65. The van der Waals surface area contributed by atoms with Crippen molar-refractivity contribution in [2.45, 2.75) is 145 Å². The van der Waals surface area contributed by atoms with E-state index in [1.165, 1.54) is 115 Å². The van der Waals surface area contributed by atoms with Crippen molar-refractivity contribution in [2.24, 2.45) is 0 Å². The predicted octanol–water partition coefficient (Wildman–Crippen LogP) is 21.9. The third-order valence-electron chi connectivity index (χ3n) is 19.8. The minimum atomic E-state index is -0.701. The Labute approximate surface area is 503 Å². The van der Waals surface area contributed by atoms with Crippen molar-refractivity contribution in [3.8, 4) is 44.9 Å². The first-order valence-electron chi connectivity index (χ1n) is 30.4. The highest BCUT2D eigenvalue weighted by molar-refractivity contribution is 7.99. The molecule has 416 valence electrons. The molecule has 2 spiro atoms. The minimum Gasteiger partial charge on any atom is -0.457 e. The average Bonchev–Trinajstić information content (AvgIpc) is 1.50. The number of hydrogen-bond acceptors (Lipinski definition) is 3. The fourth-order valence-corrected chi connectivity index (χ4v) is 16.5. The zero-order chi connectivity index (χ0) is 58.4. The summed E-state index contributed by atoms with van der Waals surface area (Å²) in [5, 5.41) is 0. The number of para-hydroxylation sites is 1. The van der Waals surface area contributed by atoms with Crippen LogP contribution in [0.3, 0.4) is 0 Å². The topological polar surface area (TPSA) is 12.5 Å². The average molecular weight is 1110 g/mol. The van der Waals surface area contributed by atoms with Crippen LogP contribution >= 0.6 is 11.8 Å². The summed E-state index contributed by atoms with van der Waals surface area (Å²) in [6, 6.07) is 78.4. The van der Waals surface area contributed by atoms with E-state index in [2.05, 4.69) is 302 Å². The molecule has 5 aliphatic rings. The molecule has 0 fully saturated rings. The Morgan fingerprint density at radius 1 is 0.298 bits per heavy atom. The molecule has 10 aromatic rings.